The van der Waals surface area contributed by atoms with E-state index in [1.165, 1.54) is 0 Å². The Hall–Kier alpha value is -2.04. The van der Waals surface area contributed by atoms with E-state index in [2.05, 4.69) is 5.32 Å². The number of nitrogens with two attached hydrogens (primary N) is 1. The van der Waals surface area contributed by atoms with Crippen LogP contribution in [0.3, 0.4) is 0 Å². The zero-order valence-corrected chi connectivity index (χ0v) is 11.3. The van der Waals surface area contributed by atoms with Crippen molar-refractivity contribution in [2.45, 2.75) is 25.8 Å². The van der Waals surface area contributed by atoms with E-state index in [-0.39, 0.29) is 17.9 Å². The van der Waals surface area contributed by atoms with Crippen LogP contribution in [0.2, 0.25) is 0 Å². The highest BCUT2D eigenvalue weighted by molar-refractivity contribution is 5.95. The van der Waals surface area contributed by atoms with Gasteiger partial charge in [-0.05, 0) is 37.1 Å². The summed E-state index contributed by atoms with van der Waals surface area (Å²) in [6.45, 7) is 2.46. The van der Waals surface area contributed by atoms with Crippen molar-refractivity contribution in [3.8, 4) is 0 Å². The van der Waals surface area contributed by atoms with Gasteiger partial charge in [-0.15, -0.1) is 0 Å². The van der Waals surface area contributed by atoms with E-state index in [1.807, 2.05) is 19.1 Å². The molecule has 1 aromatic carbocycles. The van der Waals surface area contributed by atoms with Gasteiger partial charge in [-0.25, -0.2) is 0 Å². The first-order chi connectivity index (χ1) is 8.95. The summed E-state index contributed by atoms with van der Waals surface area (Å²) < 4.78 is 0. The molecule has 0 radical (unpaired) electrons. The second-order valence-corrected chi connectivity index (χ2v) is 5.12. The van der Waals surface area contributed by atoms with Gasteiger partial charge in [0.25, 0.3) is 5.91 Å². The van der Waals surface area contributed by atoms with Gasteiger partial charge in [-0.3, -0.25) is 9.59 Å². The summed E-state index contributed by atoms with van der Waals surface area (Å²) in [7, 11) is 1.76. The molecule has 0 aromatic heterocycles. The molecule has 19 heavy (non-hydrogen) atoms. The van der Waals surface area contributed by atoms with Crippen molar-refractivity contribution >= 4 is 17.5 Å². The van der Waals surface area contributed by atoms with Crippen molar-refractivity contribution in [1.29, 1.82) is 0 Å². The molecule has 1 atom stereocenters. The zero-order chi connectivity index (χ0) is 14.0. The first-order valence-corrected chi connectivity index (χ1v) is 6.37. The Kier molecular flexibility index (Phi) is 3.74. The van der Waals surface area contributed by atoms with Crippen LogP contribution >= 0.6 is 0 Å². The number of carbonyl (C=O) groups excluding carboxylic acids is 2. The molecule has 0 saturated carbocycles. The number of amides is 2. The van der Waals surface area contributed by atoms with Gasteiger partial charge in [0.1, 0.15) is 0 Å². The molecule has 1 fully saturated rings. The number of nitrogens with zero attached hydrogens (tertiary/aromatic N) is 1. The molecule has 1 aromatic rings. The molecule has 102 valence electrons. The van der Waals surface area contributed by atoms with Gasteiger partial charge in [0.15, 0.2) is 0 Å². The number of rotatable bonds is 2. The molecule has 1 aliphatic heterocycles. The molecule has 2 amide bonds. The molecule has 0 aliphatic carbocycles. The molecule has 0 bridgehead atoms. The third-order valence-corrected chi connectivity index (χ3v) is 3.32. The zero-order valence-electron chi connectivity index (χ0n) is 11.3. The number of likely N-dealkylation sites (tertiary alicyclic amines) is 1. The summed E-state index contributed by atoms with van der Waals surface area (Å²) in [6.07, 6.45) is 1.17. The first kappa shape index (κ1) is 13.4. The Balaban J connectivity index is 2.03. The van der Waals surface area contributed by atoms with Crippen molar-refractivity contribution in [1.82, 2.24) is 10.2 Å². The highest BCUT2D eigenvalue weighted by Crippen LogP contribution is 2.13. The van der Waals surface area contributed by atoms with Crippen LogP contribution in [0.5, 0.6) is 0 Å². The standard InChI is InChI=1S/C14H19N3O2/c1-9-5-10(7-11(15)6-9)14(19)16-12-3-4-13(18)17(2)8-12/h5-7,12H,3-4,8,15H2,1-2H3,(H,16,19). The predicted molar refractivity (Wildman–Crippen MR) is 73.7 cm³/mol. The van der Waals surface area contributed by atoms with Crippen molar-refractivity contribution in [3.63, 3.8) is 0 Å². The van der Waals surface area contributed by atoms with Gasteiger partial charge in [0.05, 0.1) is 0 Å². The second kappa shape index (κ2) is 5.30. The van der Waals surface area contributed by atoms with Crippen LogP contribution in [-0.2, 0) is 4.79 Å². The predicted octanol–water partition coefficient (Wildman–Crippen LogP) is 0.928. The lowest BCUT2D eigenvalue weighted by atomic mass is 10.0. The normalized spacial score (nSPS) is 19.4. The number of carbonyl (C=O) groups is 2. The van der Waals surface area contributed by atoms with Crippen molar-refractivity contribution in [2.75, 3.05) is 19.3 Å². The minimum absolute atomic E-state index is 0.0111. The molecule has 5 heteroatoms. The lowest BCUT2D eigenvalue weighted by Crippen LogP contribution is -2.48. The average Bonchev–Trinajstić information content (AvgIpc) is 2.32. The van der Waals surface area contributed by atoms with Crippen molar-refractivity contribution < 1.29 is 9.59 Å². The van der Waals surface area contributed by atoms with Crippen LogP contribution in [0.25, 0.3) is 0 Å². The van der Waals surface area contributed by atoms with Crippen LogP contribution in [0, 0.1) is 6.92 Å². The molecule has 2 rings (SSSR count). The number of hydrogen-bond acceptors (Lipinski definition) is 3. The van der Waals surface area contributed by atoms with Gasteiger partial charge in [0, 0.05) is 37.3 Å². The summed E-state index contributed by atoms with van der Waals surface area (Å²) in [5, 5.41) is 2.95. The third kappa shape index (κ3) is 3.24. The summed E-state index contributed by atoms with van der Waals surface area (Å²) in [4.78, 5) is 25.2. The highest BCUT2D eigenvalue weighted by Gasteiger charge is 2.24. The van der Waals surface area contributed by atoms with Gasteiger partial charge < -0.3 is 16.0 Å². The minimum atomic E-state index is -0.136. The third-order valence-electron chi connectivity index (χ3n) is 3.32. The van der Waals surface area contributed by atoms with Crippen LogP contribution in [0.1, 0.15) is 28.8 Å². The molecule has 1 unspecified atom stereocenters. The Labute approximate surface area is 112 Å². The number of hydrogen-bond donors (Lipinski definition) is 2. The number of likely N-dealkylation sites (N-methyl/N-ethyl adjacent to an activating group) is 1. The van der Waals surface area contributed by atoms with E-state index in [0.29, 0.717) is 30.6 Å². The van der Waals surface area contributed by atoms with Crippen molar-refractivity contribution in [3.05, 3.63) is 29.3 Å². The van der Waals surface area contributed by atoms with E-state index in [9.17, 15) is 9.59 Å². The number of benzene rings is 1. The fraction of sp³-hybridized carbons (Fsp3) is 0.429. The number of piperidine rings is 1. The number of nitrogen functional groups attached to an aromatic ring is 1. The quantitative estimate of drug-likeness (QED) is 0.778. The molecule has 1 aliphatic rings. The van der Waals surface area contributed by atoms with Gasteiger partial charge >= 0.3 is 0 Å². The van der Waals surface area contributed by atoms with Crippen LogP contribution in [0.15, 0.2) is 18.2 Å². The maximum Gasteiger partial charge on any atom is 0.251 e. The van der Waals surface area contributed by atoms with Crippen LogP contribution in [-0.4, -0.2) is 36.3 Å². The summed E-state index contributed by atoms with van der Waals surface area (Å²) in [5.74, 6) is -0.00607. The monoisotopic (exact) mass is 261 g/mol. The Morgan fingerprint density at radius 3 is 2.79 bits per heavy atom. The second-order valence-electron chi connectivity index (χ2n) is 5.12. The fourth-order valence-corrected chi connectivity index (χ4v) is 2.34. The van der Waals surface area contributed by atoms with E-state index >= 15 is 0 Å². The summed E-state index contributed by atoms with van der Waals surface area (Å²) in [6, 6.07) is 5.31. The molecule has 1 heterocycles. The number of aryl methyl sites for hydroxylation is 1. The fourth-order valence-electron chi connectivity index (χ4n) is 2.34. The summed E-state index contributed by atoms with van der Waals surface area (Å²) >= 11 is 0. The lowest BCUT2D eigenvalue weighted by Gasteiger charge is -2.30. The van der Waals surface area contributed by atoms with Gasteiger partial charge in [0.2, 0.25) is 5.91 Å². The maximum atomic E-state index is 12.1. The maximum absolute atomic E-state index is 12.1. The molecule has 3 N–H and O–H groups in total. The average molecular weight is 261 g/mol. The van der Waals surface area contributed by atoms with E-state index in [0.717, 1.165) is 5.56 Å². The van der Waals surface area contributed by atoms with Gasteiger partial charge in [-0.2, -0.15) is 0 Å². The molecular formula is C14H19N3O2. The van der Waals surface area contributed by atoms with Crippen LogP contribution in [0.4, 0.5) is 5.69 Å². The topological polar surface area (TPSA) is 75.4 Å². The Morgan fingerprint density at radius 2 is 2.16 bits per heavy atom. The summed E-state index contributed by atoms with van der Waals surface area (Å²) in [5.41, 5.74) is 7.85. The van der Waals surface area contributed by atoms with E-state index in [1.54, 1.807) is 18.0 Å². The van der Waals surface area contributed by atoms with Crippen LogP contribution < -0.4 is 11.1 Å². The Morgan fingerprint density at radius 1 is 1.42 bits per heavy atom. The minimum Gasteiger partial charge on any atom is -0.399 e. The SMILES string of the molecule is Cc1cc(N)cc(C(=O)NC2CCC(=O)N(C)C2)c1. The first-order valence-electron chi connectivity index (χ1n) is 6.37. The highest BCUT2D eigenvalue weighted by atomic mass is 16.2. The molecule has 5 nitrogen and oxygen atoms in total. The van der Waals surface area contributed by atoms with E-state index in [4.69, 9.17) is 5.73 Å². The van der Waals surface area contributed by atoms with E-state index < -0.39 is 0 Å². The van der Waals surface area contributed by atoms with Gasteiger partial charge in [-0.1, -0.05) is 0 Å². The lowest BCUT2D eigenvalue weighted by molar-refractivity contribution is -0.132. The molecule has 1 saturated heterocycles. The Bertz CT molecular complexity index is 493. The van der Waals surface area contributed by atoms with Crippen molar-refractivity contribution in [2.24, 2.45) is 0 Å². The number of nitrogens with one attached hydrogen (secondary N) is 1. The number of anilines is 1. The largest absolute Gasteiger partial charge is 0.399 e. The smallest absolute Gasteiger partial charge is 0.251 e. The molecule has 0 spiro atoms. The molecular weight excluding hydrogens is 242 g/mol.